The Morgan fingerprint density at radius 2 is 2.15 bits per heavy atom. The lowest BCUT2D eigenvalue weighted by Crippen LogP contribution is -2.35. The molecule has 2 aromatic rings. The Balaban J connectivity index is 1.92. The van der Waals surface area contributed by atoms with E-state index in [1.165, 1.54) is 0 Å². The fourth-order valence-electron chi connectivity index (χ4n) is 1.74. The number of fused-ring (bicyclic) bond motifs is 1. The molecule has 1 amide bonds. The van der Waals surface area contributed by atoms with Crippen molar-refractivity contribution in [3.8, 4) is 0 Å². The second-order valence-electron chi connectivity index (χ2n) is 4.32. The van der Waals surface area contributed by atoms with E-state index in [2.05, 4.69) is 15.3 Å². The summed E-state index contributed by atoms with van der Waals surface area (Å²) in [5, 5.41) is 4.54. The predicted molar refractivity (Wildman–Crippen MR) is 68.4 cm³/mol. The number of nitrogens with one attached hydrogen (secondary N) is 3. The molecular weight excluding hydrogens is 273 g/mol. The van der Waals surface area contributed by atoms with E-state index in [9.17, 15) is 18.0 Å². The van der Waals surface area contributed by atoms with Gasteiger partial charge >= 0.3 is 6.18 Å². The standard InChI is InChI=1S/C12H13F3N4O/c1-7-17-9-3-2-8(4-10(9)18-7)19-11(20)5-16-6-12(13,14)15/h2-4,16H,5-6H2,1H3,(H,17,18)(H,19,20). The molecule has 0 saturated heterocycles. The molecule has 1 aromatic heterocycles. The first-order chi connectivity index (χ1) is 9.33. The highest BCUT2D eigenvalue weighted by Crippen LogP contribution is 2.17. The molecule has 20 heavy (non-hydrogen) atoms. The van der Waals surface area contributed by atoms with Gasteiger partial charge in [0.2, 0.25) is 5.91 Å². The largest absolute Gasteiger partial charge is 0.401 e. The number of alkyl halides is 3. The van der Waals surface area contributed by atoms with Gasteiger partial charge in [-0.3, -0.25) is 4.79 Å². The number of benzene rings is 1. The lowest BCUT2D eigenvalue weighted by atomic mass is 10.2. The molecule has 0 aliphatic heterocycles. The SMILES string of the molecule is Cc1nc2ccc(NC(=O)CNCC(F)(F)F)cc2[nH]1. The van der Waals surface area contributed by atoms with Gasteiger partial charge < -0.3 is 15.6 Å². The van der Waals surface area contributed by atoms with Gasteiger partial charge in [-0.15, -0.1) is 0 Å². The van der Waals surface area contributed by atoms with Gasteiger partial charge in [0.05, 0.1) is 24.1 Å². The highest BCUT2D eigenvalue weighted by Gasteiger charge is 2.26. The number of hydrogen-bond acceptors (Lipinski definition) is 3. The monoisotopic (exact) mass is 286 g/mol. The van der Waals surface area contributed by atoms with Crippen LogP contribution in [0.25, 0.3) is 11.0 Å². The fourth-order valence-corrected chi connectivity index (χ4v) is 1.74. The van der Waals surface area contributed by atoms with Crippen molar-refractivity contribution in [1.82, 2.24) is 15.3 Å². The summed E-state index contributed by atoms with van der Waals surface area (Å²) in [6.07, 6.45) is -4.33. The number of H-pyrrole nitrogens is 1. The number of aromatic nitrogens is 2. The van der Waals surface area contributed by atoms with E-state index in [-0.39, 0.29) is 0 Å². The van der Waals surface area contributed by atoms with Gasteiger partial charge in [-0.05, 0) is 25.1 Å². The maximum atomic E-state index is 11.9. The molecule has 108 valence electrons. The molecule has 0 aliphatic carbocycles. The number of halogens is 3. The number of hydrogen-bond donors (Lipinski definition) is 3. The summed E-state index contributed by atoms with van der Waals surface area (Å²) in [6.45, 7) is 0.206. The van der Waals surface area contributed by atoms with Crippen molar-refractivity contribution in [3.05, 3.63) is 24.0 Å². The second kappa shape index (κ2) is 5.49. The highest BCUT2D eigenvalue weighted by molar-refractivity contribution is 5.94. The van der Waals surface area contributed by atoms with E-state index in [0.29, 0.717) is 5.69 Å². The van der Waals surface area contributed by atoms with Crippen molar-refractivity contribution in [1.29, 1.82) is 0 Å². The van der Waals surface area contributed by atoms with Gasteiger partial charge in [0.15, 0.2) is 0 Å². The van der Waals surface area contributed by atoms with Crippen LogP contribution >= 0.6 is 0 Å². The van der Waals surface area contributed by atoms with Crippen molar-refractivity contribution in [2.24, 2.45) is 0 Å². The van der Waals surface area contributed by atoms with E-state index in [0.717, 1.165) is 16.9 Å². The third kappa shape index (κ3) is 3.95. The average Bonchev–Trinajstić information content (AvgIpc) is 2.66. The van der Waals surface area contributed by atoms with Crippen molar-refractivity contribution >= 4 is 22.6 Å². The molecule has 0 radical (unpaired) electrons. The molecule has 1 aromatic carbocycles. The van der Waals surface area contributed by atoms with Crippen molar-refractivity contribution < 1.29 is 18.0 Å². The van der Waals surface area contributed by atoms with Gasteiger partial charge in [-0.1, -0.05) is 0 Å². The zero-order valence-corrected chi connectivity index (χ0v) is 10.6. The van der Waals surface area contributed by atoms with E-state index >= 15 is 0 Å². The lowest BCUT2D eigenvalue weighted by Gasteiger charge is -2.08. The second-order valence-corrected chi connectivity index (χ2v) is 4.32. The van der Waals surface area contributed by atoms with Crippen LogP contribution in [0.3, 0.4) is 0 Å². The fraction of sp³-hybridized carbons (Fsp3) is 0.333. The van der Waals surface area contributed by atoms with Crippen molar-refractivity contribution in [2.45, 2.75) is 13.1 Å². The Bertz CT molecular complexity index is 621. The predicted octanol–water partition coefficient (Wildman–Crippen LogP) is 1.96. The van der Waals surface area contributed by atoms with Crippen LogP contribution in [-0.2, 0) is 4.79 Å². The highest BCUT2D eigenvalue weighted by atomic mass is 19.4. The van der Waals surface area contributed by atoms with E-state index in [1.807, 2.05) is 5.32 Å². The smallest absolute Gasteiger partial charge is 0.342 e. The number of rotatable bonds is 4. The molecule has 0 aliphatic rings. The van der Waals surface area contributed by atoms with Gasteiger partial charge in [0, 0.05) is 5.69 Å². The number of anilines is 1. The summed E-state index contributed by atoms with van der Waals surface area (Å²) in [7, 11) is 0. The summed E-state index contributed by atoms with van der Waals surface area (Å²) in [5.74, 6) is 0.208. The first-order valence-corrected chi connectivity index (χ1v) is 5.87. The number of carbonyl (C=O) groups is 1. The molecule has 0 fully saturated rings. The summed E-state index contributed by atoms with van der Waals surface area (Å²) in [5.41, 5.74) is 2.01. The molecule has 0 bridgehead atoms. The molecule has 8 heteroatoms. The van der Waals surface area contributed by atoms with E-state index < -0.39 is 25.2 Å². The minimum atomic E-state index is -4.33. The number of nitrogens with zero attached hydrogens (tertiary/aromatic N) is 1. The number of amides is 1. The normalized spacial score (nSPS) is 11.8. The molecule has 5 nitrogen and oxygen atoms in total. The third-order valence-electron chi connectivity index (χ3n) is 2.50. The zero-order valence-electron chi connectivity index (χ0n) is 10.6. The zero-order chi connectivity index (χ0) is 14.8. The van der Waals surface area contributed by atoms with Gasteiger partial charge in [-0.25, -0.2) is 4.98 Å². The van der Waals surface area contributed by atoms with Gasteiger partial charge in [0.1, 0.15) is 5.82 Å². The summed E-state index contributed by atoms with van der Waals surface area (Å²) in [6, 6.07) is 5.04. The van der Waals surface area contributed by atoms with Gasteiger partial charge in [-0.2, -0.15) is 13.2 Å². The molecule has 2 rings (SSSR count). The molecular formula is C12H13F3N4O. The molecule has 0 atom stereocenters. The van der Waals surface area contributed by atoms with Crippen LogP contribution in [0, 0.1) is 6.92 Å². The summed E-state index contributed by atoms with van der Waals surface area (Å²) < 4.78 is 35.7. The van der Waals surface area contributed by atoms with Crippen LogP contribution < -0.4 is 10.6 Å². The van der Waals surface area contributed by atoms with Crippen LogP contribution in [-0.4, -0.2) is 35.1 Å². The number of carbonyl (C=O) groups excluding carboxylic acids is 1. The first kappa shape index (κ1) is 14.3. The number of aryl methyl sites for hydroxylation is 1. The topological polar surface area (TPSA) is 69.8 Å². The van der Waals surface area contributed by atoms with Crippen LogP contribution in [0.5, 0.6) is 0 Å². The Labute approximate surface area is 112 Å². The average molecular weight is 286 g/mol. The summed E-state index contributed by atoms with van der Waals surface area (Å²) in [4.78, 5) is 18.7. The van der Waals surface area contributed by atoms with Crippen LogP contribution in [0.2, 0.25) is 0 Å². The Morgan fingerprint density at radius 1 is 1.40 bits per heavy atom. The van der Waals surface area contributed by atoms with Crippen molar-refractivity contribution in [3.63, 3.8) is 0 Å². The third-order valence-corrected chi connectivity index (χ3v) is 2.50. The molecule has 3 N–H and O–H groups in total. The first-order valence-electron chi connectivity index (χ1n) is 5.87. The molecule has 0 spiro atoms. The number of imidazole rings is 1. The minimum absolute atomic E-state index is 0.403. The van der Waals surface area contributed by atoms with Crippen LogP contribution in [0.1, 0.15) is 5.82 Å². The quantitative estimate of drug-likeness (QED) is 0.804. The minimum Gasteiger partial charge on any atom is -0.342 e. The van der Waals surface area contributed by atoms with Crippen molar-refractivity contribution in [2.75, 3.05) is 18.4 Å². The maximum Gasteiger partial charge on any atom is 0.401 e. The summed E-state index contributed by atoms with van der Waals surface area (Å²) >= 11 is 0. The van der Waals surface area contributed by atoms with E-state index in [1.54, 1.807) is 25.1 Å². The van der Waals surface area contributed by atoms with Gasteiger partial charge in [0.25, 0.3) is 0 Å². The van der Waals surface area contributed by atoms with E-state index in [4.69, 9.17) is 0 Å². The Morgan fingerprint density at radius 3 is 2.85 bits per heavy atom. The number of aromatic amines is 1. The molecule has 1 heterocycles. The lowest BCUT2D eigenvalue weighted by molar-refractivity contribution is -0.126. The van der Waals surface area contributed by atoms with Crippen LogP contribution in [0.4, 0.5) is 18.9 Å². The Kier molecular flexibility index (Phi) is 3.93. The molecule has 0 unspecified atom stereocenters. The molecule has 0 saturated carbocycles. The Hall–Kier alpha value is -2.09. The maximum absolute atomic E-state index is 11.9. The van der Waals surface area contributed by atoms with Crippen LogP contribution in [0.15, 0.2) is 18.2 Å².